The highest BCUT2D eigenvalue weighted by atomic mass is 32.2. The van der Waals surface area contributed by atoms with Crippen molar-refractivity contribution in [2.75, 3.05) is 4.72 Å². The maximum absolute atomic E-state index is 12.5. The number of benzene rings is 2. The number of hydrogen-bond donors (Lipinski definition) is 4. The van der Waals surface area contributed by atoms with Crippen LogP contribution in [0.2, 0.25) is 0 Å². The fraction of sp³-hybridized carbons (Fsp3) is 0.0526. The van der Waals surface area contributed by atoms with Crippen LogP contribution < -0.4 is 10.3 Å². The molecular weight excluding hydrogens is 382 g/mol. The van der Waals surface area contributed by atoms with Crippen LogP contribution in [0.1, 0.15) is 15.9 Å². The van der Waals surface area contributed by atoms with Gasteiger partial charge in [-0.05, 0) is 23.8 Å². The summed E-state index contributed by atoms with van der Waals surface area (Å²) in [5, 5.41) is 10.1. The van der Waals surface area contributed by atoms with Crippen LogP contribution in [0, 0.1) is 0 Å². The minimum absolute atomic E-state index is 0.0598. The second-order valence-corrected chi connectivity index (χ2v) is 8.04. The number of sulfonamides is 1. The molecule has 4 rings (SSSR count). The van der Waals surface area contributed by atoms with Gasteiger partial charge in [-0.3, -0.25) is 9.52 Å². The van der Waals surface area contributed by atoms with Gasteiger partial charge >= 0.3 is 5.97 Å². The van der Waals surface area contributed by atoms with Crippen LogP contribution in [-0.4, -0.2) is 29.5 Å². The van der Waals surface area contributed by atoms with Gasteiger partial charge in [-0.1, -0.05) is 30.3 Å². The fourth-order valence-electron chi connectivity index (χ4n) is 3.17. The monoisotopic (exact) mass is 397 g/mol. The lowest BCUT2D eigenvalue weighted by atomic mass is 10.1. The van der Waals surface area contributed by atoms with Gasteiger partial charge in [0.2, 0.25) is 10.0 Å². The van der Waals surface area contributed by atoms with Gasteiger partial charge in [0.05, 0.1) is 11.3 Å². The second kappa shape index (κ2) is 6.54. The number of rotatable bonds is 5. The van der Waals surface area contributed by atoms with Crippen LogP contribution in [0.5, 0.6) is 0 Å². The number of pyridine rings is 1. The number of aromatic amines is 2. The number of hydrogen-bond acceptors (Lipinski definition) is 4. The van der Waals surface area contributed by atoms with Crippen molar-refractivity contribution in [3.63, 3.8) is 0 Å². The van der Waals surface area contributed by atoms with E-state index in [0.717, 1.165) is 0 Å². The SMILES string of the molecule is O=C(O)c1c[nH]c2c(=O)[nH]c3ccc(NS(=O)(=O)Cc4ccccc4)cc3c12. The predicted molar refractivity (Wildman–Crippen MR) is 106 cm³/mol. The molecule has 0 spiro atoms. The number of nitrogens with one attached hydrogen (secondary N) is 3. The molecule has 0 radical (unpaired) electrons. The summed E-state index contributed by atoms with van der Waals surface area (Å²) in [6.45, 7) is 0. The van der Waals surface area contributed by atoms with Crippen molar-refractivity contribution in [1.29, 1.82) is 0 Å². The summed E-state index contributed by atoms with van der Waals surface area (Å²) in [5.74, 6) is -1.38. The highest BCUT2D eigenvalue weighted by Gasteiger charge is 2.18. The molecule has 28 heavy (non-hydrogen) atoms. The van der Waals surface area contributed by atoms with Gasteiger partial charge in [0.1, 0.15) is 5.52 Å². The minimum atomic E-state index is -3.68. The van der Waals surface area contributed by atoms with Crippen LogP contribution in [0.25, 0.3) is 21.8 Å². The van der Waals surface area contributed by atoms with E-state index in [-0.39, 0.29) is 27.9 Å². The Balaban J connectivity index is 1.80. The quantitative estimate of drug-likeness (QED) is 0.411. The van der Waals surface area contributed by atoms with Gasteiger partial charge in [0, 0.05) is 28.2 Å². The second-order valence-electron chi connectivity index (χ2n) is 6.32. The Bertz CT molecular complexity index is 1370. The topological polar surface area (TPSA) is 132 Å². The van der Waals surface area contributed by atoms with E-state index in [9.17, 15) is 23.1 Å². The molecule has 0 bridgehead atoms. The van der Waals surface area contributed by atoms with Crippen molar-refractivity contribution < 1.29 is 18.3 Å². The lowest BCUT2D eigenvalue weighted by molar-refractivity contribution is 0.0699. The molecule has 2 heterocycles. The zero-order chi connectivity index (χ0) is 19.9. The van der Waals surface area contributed by atoms with E-state index in [2.05, 4.69) is 14.7 Å². The van der Waals surface area contributed by atoms with E-state index in [4.69, 9.17) is 0 Å². The summed E-state index contributed by atoms with van der Waals surface area (Å²) >= 11 is 0. The Labute approximate surface area is 158 Å². The molecule has 0 amide bonds. The average molecular weight is 397 g/mol. The summed E-state index contributed by atoms with van der Waals surface area (Å²) in [4.78, 5) is 29.0. The van der Waals surface area contributed by atoms with E-state index in [1.54, 1.807) is 30.3 Å². The van der Waals surface area contributed by atoms with Gasteiger partial charge < -0.3 is 15.1 Å². The molecule has 2 aromatic heterocycles. The Morgan fingerprint density at radius 1 is 1.11 bits per heavy atom. The van der Waals surface area contributed by atoms with E-state index >= 15 is 0 Å². The third-order valence-corrected chi connectivity index (χ3v) is 5.61. The molecule has 0 unspecified atom stereocenters. The largest absolute Gasteiger partial charge is 0.478 e. The first-order valence-corrected chi connectivity index (χ1v) is 9.94. The van der Waals surface area contributed by atoms with E-state index in [1.165, 1.54) is 24.4 Å². The predicted octanol–water partition coefficient (Wildman–Crippen LogP) is 2.65. The Morgan fingerprint density at radius 3 is 2.57 bits per heavy atom. The van der Waals surface area contributed by atoms with Crippen molar-refractivity contribution in [3.8, 4) is 0 Å². The summed E-state index contributed by atoms with van der Waals surface area (Å²) in [6, 6.07) is 13.3. The molecule has 142 valence electrons. The Kier molecular flexibility index (Phi) is 4.16. The van der Waals surface area contributed by atoms with Crippen molar-refractivity contribution in [1.82, 2.24) is 9.97 Å². The molecule has 0 aliphatic carbocycles. The summed E-state index contributed by atoms with van der Waals surface area (Å²) in [6.07, 6.45) is 1.24. The molecule has 2 aromatic carbocycles. The third kappa shape index (κ3) is 3.23. The Hall–Kier alpha value is -3.59. The first-order chi connectivity index (χ1) is 13.3. The standard InChI is InChI=1S/C19H15N3O5S/c23-18-17-16(14(9-20-17)19(24)25)13-8-12(6-7-15(13)21-18)22-28(26,27)10-11-4-2-1-3-5-11/h1-9,20,22H,10H2,(H,21,23)(H,24,25). The van der Waals surface area contributed by atoms with Gasteiger partial charge in [0.25, 0.3) is 5.56 Å². The van der Waals surface area contributed by atoms with E-state index in [0.29, 0.717) is 16.5 Å². The van der Waals surface area contributed by atoms with Crippen LogP contribution in [0.15, 0.2) is 59.5 Å². The number of H-pyrrole nitrogens is 2. The molecule has 0 aliphatic heterocycles. The molecule has 4 aromatic rings. The van der Waals surface area contributed by atoms with Crippen molar-refractivity contribution in [2.45, 2.75) is 5.75 Å². The molecule has 4 N–H and O–H groups in total. The number of aromatic nitrogens is 2. The van der Waals surface area contributed by atoms with Crippen LogP contribution in [-0.2, 0) is 15.8 Å². The number of carbonyl (C=O) groups is 1. The smallest absolute Gasteiger partial charge is 0.337 e. The van der Waals surface area contributed by atoms with Crippen molar-refractivity contribution in [3.05, 3.63) is 76.2 Å². The summed E-state index contributed by atoms with van der Waals surface area (Å²) < 4.78 is 27.5. The number of carboxylic acid groups (broad SMARTS) is 1. The lowest BCUT2D eigenvalue weighted by Crippen LogP contribution is -2.15. The van der Waals surface area contributed by atoms with Gasteiger partial charge in [-0.25, -0.2) is 13.2 Å². The highest BCUT2D eigenvalue weighted by molar-refractivity contribution is 7.91. The minimum Gasteiger partial charge on any atom is -0.478 e. The van der Waals surface area contributed by atoms with Gasteiger partial charge in [-0.15, -0.1) is 0 Å². The highest BCUT2D eigenvalue weighted by Crippen LogP contribution is 2.27. The van der Waals surface area contributed by atoms with Crippen molar-refractivity contribution in [2.24, 2.45) is 0 Å². The first kappa shape index (κ1) is 17.8. The molecule has 0 aliphatic rings. The number of aromatic carboxylic acids is 1. The number of carboxylic acids is 1. The molecule has 0 saturated heterocycles. The Morgan fingerprint density at radius 2 is 1.86 bits per heavy atom. The summed E-state index contributed by atoms with van der Waals surface area (Å²) in [5.41, 5.74) is 0.929. The van der Waals surface area contributed by atoms with E-state index in [1.807, 2.05) is 0 Å². The molecule has 9 heteroatoms. The normalized spacial score (nSPS) is 11.7. The van der Waals surface area contributed by atoms with E-state index < -0.39 is 21.6 Å². The molecule has 0 atom stereocenters. The first-order valence-electron chi connectivity index (χ1n) is 8.29. The summed E-state index contributed by atoms with van der Waals surface area (Å²) in [7, 11) is -3.68. The van der Waals surface area contributed by atoms with Crippen LogP contribution in [0.4, 0.5) is 5.69 Å². The number of anilines is 1. The molecule has 0 saturated carbocycles. The lowest BCUT2D eigenvalue weighted by Gasteiger charge is -2.10. The van der Waals surface area contributed by atoms with Crippen molar-refractivity contribution >= 4 is 43.5 Å². The average Bonchev–Trinajstić information content (AvgIpc) is 3.09. The third-order valence-electron chi connectivity index (χ3n) is 4.35. The number of fused-ring (bicyclic) bond motifs is 3. The van der Waals surface area contributed by atoms with Gasteiger partial charge in [-0.2, -0.15) is 0 Å². The maximum atomic E-state index is 12.5. The maximum Gasteiger partial charge on any atom is 0.337 e. The fourth-order valence-corrected chi connectivity index (χ4v) is 4.36. The van der Waals surface area contributed by atoms with Gasteiger partial charge in [0.15, 0.2) is 0 Å². The molecule has 0 fully saturated rings. The van der Waals surface area contributed by atoms with Crippen LogP contribution >= 0.6 is 0 Å². The van der Waals surface area contributed by atoms with Crippen LogP contribution in [0.3, 0.4) is 0 Å². The molecule has 8 nitrogen and oxygen atoms in total. The zero-order valence-electron chi connectivity index (χ0n) is 14.4. The zero-order valence-corrected chi connectivity index (χ0v) is 15.2. The molecular formula is C19H15N3O5S.